The van der Waals surface area contributed by atoms with E-state index in [9.17, 15) is 9.59 Å². The van der Waals surface area contributed by atoms with Crippen molar-refractivity contribution in [1.29, 1.82) is 0 Å². The minimum Gasteiger partial charge on any atom is -0.496 e. The number of anilines is 1. The largest absolute Gasteiger partial charge is 0.496 e. The summed E-state index contributed by atoms with van der Waals surface area (Å²) in [5.41, 5.74) is 3.27. The average molecular weight is 653 g/mol. The van der Waals surface area contributed by atoms with Crippen molar-refractivity contribution in [2.75, 3.05) is 25.2 Å². The summed E-state index contributed by atoms with van der Waals surface area (Å²) >= 11 is 7.19. The van der Waals surface area contributed by atoms with E-state index in [4.69, 9.17) is 14.2 Å². The SMILES string of the molecule is CCOC(=O)CN(C(=O)Cc1ccccc1)c1cc(Br)c(Oc2ccc(OC)c(-c3ccccc3)c2)c(Br)c1. The molecule has 200 valence electrons. The highest BCUT2D eigenvalue weighted by atomic mass is 79.9. The highest BCUT2D eigenvalue weighted by Gasteiger charge is 2.23. The molecule has 0 fully saturated rings. The minimum atomic E-state index is -0.488. The third-order valence-corrected chi connectivity index (χ3v) is 7.04. The highest BCUT2D eigenvalue weighted by molar-refractivity contribution is 9.11. The van der Waals surface area contributed by atoms with Gasteiger partial charge in [0.1, 0.15) is 18.0 Å². The molecule has 0 heterocycles. The van der Waals surface area contributed by atoms with Crippen LogP contribution in [-0.4, -0.2) is 32.1 Å². The van der Waals surface area contributed by atoms with Crippen LogP contribution in [0.4, 0.5) is 5.69 Å². The molecule has 0 saturated carbocycles. The molecule has 0 aliphatic carbocycles. The first-order chi connectivity index (χ1) is 18.9. The van der Waals surface area contributed by atoms with E-state index in [1.807, 2.05) is 78.9 Å². The molecule has 0 bridgehead atoms. The Bertz CT molecular complexity index is 1420. The first-order valence-electron chi connectivity index (χ1n) is 12.3. The maximum Gasteiger partial charge on any atom is 0.326 e. The predicted octanol–water partition coefficient (Wildman–Crippen LogP) is 7.82. The zero-order valence-corrected chi connectivity index (χ0v) is 24.7. The van der Waals surface area contributed by atoms with E-state index >= 15 is 0 Å². The number of methoxy groups -OCH3 is 1. The Labute approximate surface area is 244 Å². The molecule has 4 aromatic rings. The minimum absolute atomic E-state index is 0.141. The summed E-state index contributed by atoms with van der Waals surface area (Å²) in [4.78, 5) is 27.1. The number of benzene rings is 4. The van der Waals surface area contributed by atoms with Crippen LogP contribution in [0.1, 0.15) is 12.5 Å². The van der Waals surface area contributed by atoms with E-state index in [2.05, 4.69) is 31.9 Å². The van der Waals surface area contributed by atoms with Crippen molar-refractivity contribution in [3.63, 3.8) is 0 Å². The fourth-order valence-electron chi connectivity index (χ4n) is 4.04. The summed E-state index contributed by atoms with van der Waals surface area (Å²) in [6.07, 6.45) is 0.141. The second kappa shape index (κ2) is 13.4. The van der Waals surface area contributed by atoms with Gasteiger partial charge in [0.2, 0.25) is 5.91 Å². The fourth-order valence-corrected chi connectivity index (χ4v) is 5.36. The topological polar surface area (TPSA) is 65.1 Å². The number of ether oxygens (including phenoxy) is 3. The standard InChI is InChI=1S/C31H27Br2NO5/c1-3-38-30(36)20-34(29(35)16-21-10-6-4-7-11-21)23-17-26(32)31(27(33)18-23)39-24-14-15-28(37-2)25(19-24)22-12-8-5-9-13-22/h4-15,17-19H,3,16,20H2,1-2H3. The van der Waals surface area contributed by atoms with Gasteiger partial charge in [0.15, 0.2) is 5.75 Å². The van der Waals surface area contributed by atoms with E-state index in [1.165, 1.54) is 4.90 Å². The molecule has 0 unspecified atom stereocenters. The first-order valence-corrected chi connectivity index (χ1v) is 13.9. The molecule has 0 aliphatic heterocycles. The van der Waals surface area contributed by atoms with Crippen molar-refractivity contribution in [3.8, 4) is 28.4 Å². The second-order valence-electron chi connectivity index (χ2n) is 8.52. The quantitative estimate of drug-likeness (QED) is 0.164. The monoisotopic (exact) mass is 651 g/mol. The summed E-state index contributed by atoms with van der Waals surface area (Å²) in [6.45, 7) is 1.75. The van der Waals surface area contributed by atoms with E-state index < -0.39 is 5.97 Å². The Kier molecular flexibility index (Phi) is 9.79. The molecular formula is C31H27Br2NO5. The number of hydrogen-bond donors (Lipinski definition) is 0. The summed E-state index contributed by atoms with van der Waals surface area (Å²) < 4.78 is 18.2. The maximum absolute atomic E-state index is 13.3. The number of esters is 1. The van der Waals surface area contributed by atoms with Gasteiger partial charge in [0, 0.05) is 11.3 Å². The summed E-state index contributed by atoms with van der Waals surface area (Å²) in [5.74, 6) is 1.14. The van der Waals surface area contributed by atoms with E-state index in [0.717, 1.165) is 22.4 Å². The van der Waals surface area contributed by atoms with Crippen LogP contribution in [0.15, 0.2) is 99.9 Å². The normalized spacial score (nSPS) is 10.6. The van der Waals surface area contributed by atoms with Crippen LogP contribution in [0.2, 0.25) is 0 Å². The van der Waals surface area contributed by atoms with Crippen molar-refractivity contribution in [2.24, 2.45) is 0 Å². The third-order valence-electron chi connectivity index (χ3n) is 5.86. The lowest BCUT2D eigenvalue weighted by atomic mass is 10.0. The second-order valence-corrected chi connectivity index (χ2v) is 10.2. The van der Waals surface area contributed by atoms with Gasteiger partial charge in [-0.2, -0.15) is 0 Å². The van der Waals surface area contributed by atoms with Gasteiger partial charge in [0.05, 0.1) is 29.1 Å². The van der Waals surface area contributed by atoms with Crippen LogP contribution in [0.3, 0.4) is 0 Å². The molecule has 0 atom stereocenters. The molecule has 4 aromatic carbocycles. The van der Waals surface area contributed by atoms with E-state index in [0.29, 0.717) is 26.1 Å². The molecule has 4 rings (SSSR count). The number of hydrogen-bond acceptors (Lipinski definition) is 5. The number of halogens is 2. The van der Waals surface area contributed by atoms with E-state index in [1.54, 1.807) is 26.2 Å². The van der Waals surface area contributed by atoms with Crippen molar-refractivity contribution < 1.29 is 23.8 Å². The van der Waals surface area contributed by atoms with Gasteiger partial charge in [-0.05, 0) is 80.2 Å². The lowest BCUT2D eigenvalue weighted by Crippen LogP contribution is -2.37. The molecule has 0 saturated heterocycles. The molecule has 0 aromatic heterocycles. The number of amides is 1. The Morgan fingerprint density at radius 1 is 0.846 bits per heavy atom. The fraction of sp³-hybridized carbons (Fsp3) is 0.161. The van der Waals surface area contributed by atoms with Gasteiger partial charge in [-0.3, -0.25) is 9.59 Å². The van der Waals surface area contributed by atoms with Gasteiger partial charge >= 0.3 is 5.97 Å². The lowest BCUT2D eigenvalue weighted by molar-refractivity contribution is -0.142. The highest BCUT2D eigenvalue weighted by Crippen LogP contribution is 2.42. The van der Waals surface area contributed by atoms with Crippen LogP contribution in [-0.2, 0) is 20.7 Å². The van der Waals surface area contributed by atoms with Crippen molar-refractivity contribution in [3.05, 3.63) is 106 Å². The van der Waals surface area contributed by atoms with Gasteiger partial charge in [-0.1, -0.05) is 60.7 Å². The number of rotatable bonds is 10. The maximum atomic E-state index is 13.3. The van der Waals surface area contributed by atoms with Crippen LogP contribution in [0, 0.1) is 0 Å². The first kappa shape index (κ1) is 28.4. The Balaban J connectivity index is 1.64. The lowest BCUT2D eigenvalue weighted by Gasteiger charge is -2.23. The van der Waals surface area contributed by atoms with Gasteiger partial charge in [0.25, 0.3) is 0 Å². The number of nitrogens with zero attached hydrogens (tertiary/aromatic N) is 1. The Morgan fingerprint density at radius 2 is 1.49 bits per heavy atom. The van der Waals surface area contributed by atoms with Crippen LogP contribution >= 0.6 is 31.9 Å². The molecule has 1 amide bonds. The summed E-state index contributed by atoms with van der Waals surface area (Å²) in [5, 5.41) is 0. The van der Waals surface area contributed by atoms with Gasteiger partial charge in [-0.25, -0.2) is 0 Å². The average Bonchev–Trinajstić information content (AvgIpc) is 2.94. The Morgan fingerprint density at radius 3 is 2.10 bits per heavy atom. The van der Waals surface area contributed by atoms with Gasteiger partial charge in [-0.15, -0.1) is 0 Å². The molecule has 0 aliphatic rings. The molecule has 0 N–H and O–H groups in total. The summed E-state index contributed by atoms with van der Waals surface area (Å²) in [6, 6.07) is 28.4. The molecule has 8 heteroatoms. The summed E-state index contributed by atoms with van der Waals surface area (Å²) in [7, 11) is 1.63. The molecule has 0 radical (unpaired) electrons. The van der Waals surface area contributed by atoms with Crippen molar-refractivity contribution in [1.82, 2.24) is 0 Å². The molecular weight excluding hydrogens is 626 g/mol. The van der Waals surface area contributed by atoms with Crippen molar-refractivity contribution >= 4 is 49.4 Å². The zero-order valence-electron chi connectivity index (χ0n) is 21.5. The van der Waals surface area contributed by atoms with Gasteiger partial charge < -0.3 is 19.1 Å². The molecule has 39 heavy (non-hydrogen) atoms. The van der Waals surface area contributed by atoms with Crippen molar-refractivity contribution in [2.45, 2.75) is 13.3 Å². The third kappa shape index (κ3) is 7.28. The smallest absolute Gasteiger partial charge is 0.326 e. The van der Waals surface area contributed by atoms with Crippen LogP contribution in [0.5, 0.6) is 17.2 Å². The van der Waals surface area contributed by atoms with Crippen LogP contribution in [0.25, 0.3) is 11.1 Å². The zero-order chi connectivity index (χ0) is 27.8. The number of carbonyl (C=O) groups is 2. The van der Waals surface area contributed by atoms with E-state index in [-0.39, 0.29) is 25.5 Å². The number of carbonyl (C=O) groups excluding carboxylic acids is 2. The Hall–Kier alpha value is -3.62. The molecule has 6 nitrogen and oxygen atoms in total. The van der Waals surface area contributed by atoms with Crippen LogP contribution < -0.4 is 14.4 Å². The predicted molar refractivity (Wildman–Crippen MR) is 159 cm³/mol. The molecule has 0 spiro atoms.